The third kappa shape index (κ3) is 4.42. The highest BCUT2D eigenvalue weighted by Gasteiger charge is 2.16. The summed E-state index contributed by atoms with van der Waals surface area (Å²) in [5, 5.41) is 2.88. The number of rotatable bonds is 6. The average molecular weight is 388 g/mol. The van der Waals surface area contributed by atoms with Crippen molar-refractivity contribution in [3.8, 4) is 0 Å². The molecule has 27 heavy (non-hydrogen) atoms. The molecule has 2 aromatic carbocycles. The minimum absolute atomic E-state index is 0.0269. The minimum atomic E-state index is -3.32. The first kappa shape index (κ1) is 19.2. The van der Waals surface area contributed by atoms with Gasteiger partial charge in [-0.25, -0.2) is 8.42 Å². The van der Waals surface area contributed by atoms with Crippen LogP contribution < -0.4 is 14.5 Å². The van der Waals surface area contributed by atoms with Gasteiger partial charge in [0.1, 0.15) is 0 Å². The number of hydrogen-bond donors (Lipinski definition) is 1. The van der Waals surface area contributed by atoms with Crippen LogP contribution in [0.2, 0.25) is 0 Å². The highest BCUT2D eigenvalue weighted by Crippen LogP contribution is 2.23. The fourth-order valence-electron chi connectivity index (χ4n) is 3.11. The normalized spacial score (nSPS) is 14.2. The molecule has 0 unspecified atom stereocenters. The van der Waals surface area contributed by atoms with Crippen LogP contribution in [-0.2, 0) is 10.0 Å². The molecule has 144 valence electrons. The summed E-state index contributed by atoms with van der Waals surface area (Å²) in [7, 11) is -1.81. The van der Waals surface area contributed by atoms with Crippen molar-refractivity contribution in [2.24, 2.45) is 0 Å². The Labute approximate surface area is 160 Å². The number of nitrogens with one attached hydrogen (secondary N) is 1. The maximum atomic E-state index is 12.4. The van der Waals surface area contributed by atoms with E-state index in [2.05, 4.69) is 10.2 Å². The van der Waals surface area contributed by atoms with E-state index in [1.54, 1.807) is 31.2 Å². The summed E-state index contributed by atoms with van der Waals surface area (Å²) in [6.07, 6.45) is 2.45. The molecule has 0 saturated carbocycles. The Kier molecular flexibility index (Phi) is 5.70. The van der Waals surface area contributed by atoms with Gasteiger partial charge in [-0.2, -0.15) is 0 Å². The molecule has 7 heteroatoms. The highest BCUT2D eigenvalue weighted by atomic mass is 32.2. The van der Waals surface area contributed by atoms with Gasteiger partial charge in [-0.05, 0) is 68.3 Å². The predicted molar refractivity (Wildman–Crippen MR) is 110 cm³/mol. The molecule has 1 saturated heterocycles. The number of sulfonamides is 1. The van der Waals surface area contributed by atoms with E-state index in [4.69, 9.17) is 0 Å². The Morgan fingerprint density at radius 2 is 1.63 bits per heavy atom. The second kappa shape index (κ2) is 8.00. The molecule has 1 amide bonds. The molecule has 1 aliphatic heterocycles. The van der Waals surface area contributed by atoms with E-state index >= 15 is 0 Å². The lowest BCUT2D eigenvalue weighted by molar-refractivity contribution is 0.102. The van der Waals surface area contributed by atoms with Crippen molar-refractivity contribution >= 4 is 33.0 Å². The Hall–Kier alpha value is -2.54. The topological polar surface area (TPSA) is 69.7 Å². The molecular formula is C20H25N3O3S. The average Bonchev–Trinajstić information content (AvgIpc) is 3.23. The number of carbonyl (C=O) groups is 1. The van der Waals surface area contributed by atoms with Gasteiger partial charge in [-0.3, -0.25) is 9.10 Å². The van der Waals surface area contributed by atoms with Crippen molar-refractivity contribution in [3.63, 3.8) is 0 Å². The fraction of sp³-hybridized carbons (Fsp3) is 0.350. The number of benzene rings is 2. The number of anilines is 3. The van der Waals surface area contributed by atoms with Crippen LogP contribution in [-0.4, -0.2) is 40.2 Å². The SMILES string of the molecule is CCS(=O)(=O)N(C)c1ccc(C(=O)Nc2ccc(N3CCCC3)cc2)cc1. The van der Waals surface area contributed by atoms with Crippen LogP contribution in [0.15, 0.2) is 48.5 Å². The van der Waals surface area contributed by atoms with E-state index in [1.807, 2.05) is 24.3 Å². The molecule has 6 nitrogen and oxygen atoms in total. The van der Waals surface area contributed by atoms with Crippen LogP contribution in [0, 0.1) is 0 Å². The zero-order valence-electron chi connectivity index (χ0n) is 15.7. The van der Waals surface area contributed by atoms with Crippen LogP contribution in [0.3, 0.4) is 0 Å². The van der Waals surface area contributed by atoms with Gasteiger partial charge in [-0.1, -0.05) is 0 Å². The summed E-state index contributed by atoms with van der Waals surface area (Å²) < 4.78 is 25.1. The molecule has 1 fully saturated rings. The number of carbonyl (C=O) groups excluding carboxylic acids is 1. The van der Waals surface area contributed by atoms with Crippen LogP contribution in [0.1, 0.15) is 30.1 Å². The van der Waals surface area contributed by atoms with E-state index in [9.17, 15) is 13.2 Å². The lowest BCUT2D eigenvalue weighted by atomic mass is 10.2. The molecule has 0 aromatic heterocycles. The molecule has 0 spiro atoms. The summed E-state index contributed by atoms with van der Waals surface area (Å²) in [5.41, 5.74) is 2.92. The van der Waals surface area contributed by atoms with Gasteiger partial charge in [0.25, 0.3) is 5.91 Å². The molecule has 3 rings (SSSR count). The Morgan fingerprint density at radius 1 is 1.04 bits per heavy atom. The zero-order chi connectivity index (χ0) is 19.4. The van der Waals surface area contributed by atoms with Gasteiger partial charge in [0.15, 0.2) is 0 Å². The zero-order valence-corrected chi connectivity index (χ0v) is 16.5. The van der Waals surface area contributed by atoms with Crippen molar-refractivity contribution in [1.29, 1.82) is 0 Å². The quantitative estimate of drug-likeness (QED) is 0.825. The third-order valence-corrected chi connectivity index (χ3v) is 6.65. The summed E-state index contributed by atoms with van der Waals surface area (Å²) in [6, 6.07) is 14.4. The Balaban J connectivity index is 1.65. The van der Waals surface area contributed by atoms with Crippen LogP contribution in [0.25, 0.3) is 0 Å². The van der Waals surface area contributed by atoms with Crippen LogP contribution in [0.5, 0.6) is 0 Å². The first-order valence-corrected chi connectivity index (χ1v) is 10.7. The summed E-state index contributed by atoms with van der Waals surface area (Å²) >= 11 is 0. The summed E-state index contributed by atoms with van der Waals surface area (Å²) in [4.78, 5) is 14.8. The van der Waals surface area contributed by atoms with Crippen molar-refractivity contribution in [2.75, 3.05) is 40.4 Å². The molecule has 1 N–H and O–H groups in total. The number of hydrogen-bond acceptors (Lipinski definition) is 4. The Morgan fingerprint density at radius 3 is 2.19 bits per heavy atom. The van der Waals surface area contributed by atoms with Gasteiger partial charge < -0.3 is 10.2 Å². The first-order chi connectivity index (χ1) is 12.9. The van der Waals surface area contributed by atoms with Crippen molar-refractivity contribution in [1.82, 2.24) is 0 Å². The highest BCUT2D eigenvalue weighted by molar-refractivity contribution is 7.92. The smallest absolute Gasteiger partial charge is 0.255 e. The van der Waals surface area contributed by atoms with E-state index in [1.165, 1.54) is 29.9 Å². The second-order valence-electron chi connectivity index (χ2n) is 6.61. The molecule has 0 radical (unpaired) electrons. The molecular weight excluding hydrogens is 362 g/mol. The Bertz CT molecular complexity index is 887. The van der Waals surface area contributed by atoms with Gasteiger partial charge in [0.2, 0.25) is 10.0 Å². The second-order valence-corrected chi connectivity index (χ2v) is 8.90. The van der Waals surface area contributed by atoms with Crippen LogP contribution >= 0.6 is 0 Å². The lowest BCUT2D eigenvalue weighted by Crippen LogP contribution is -2.28. The molecule has 0 bridgehead atoms. The van der Waals surface area contributed by atoms with E-state index in [-0.39, 0.29) is 11.7 Å². The van der Waals surface area contributed by atoms with Gasteiger partial charge in [0, 0.05) is 37.1 Å². The molecule has 2 aromatic rings. The van der Waals surface area contributed by atoms with Crippen LogP contribution in [0.4, 0.5) is 17.1 Å². The van der Waals surface area contributed by atoms with E-state index in [0.717, 1.165) is 18.8 Å². The third-order valence-electron chi connectivity index (χ3n) is 4.87. The standard InChI is InChI=1S/C20H25N3O3S/c1-3-27(25,26)22(2)18-10-6-16(7-11-18)20(24)21-17-8-12-19(13-9-17)23-14-4-5-15-23/h6-13H,3-5,14-15H2,1-2H3,(H,21,24). The van der Waals surface area contributed by atoms with Crippen molar-refractivity contribution in [2.45, 2.75) is 19.8 Å². The van der Waals surface area contributed by atoms with Crippen molar-refractivity contribution < 1.29 is 13.2 Å². The monoisotopic (exact) mass is 387 g/mol. The number of amides is 1. The minimum Gasteiger partial charge on any atom is -0.372 e. The lowest BCUT2D eigenvalue weighted by Gasteiger charge is -2.19. The van der Waals surface area contributed by atoms with Gasteiger partial charge >= 0.3 is 0 Å². The maximum Gasteiger partial charge on any atom is 0.255 e. The van der Waals surface area contributed by atoms with E-state index in [0.29, 0.717) is 11.3 Å². The van der Waals surface area contributed by atoms with E-state index < -0.39 is 10.0 Å². The van der Waals surface area contributed by atoms with Crippen molar-refractivity contribution in [3.05, 3.63) is 54.1 Å². The first-order valence-electron chi connectivity index (χ1n) is 9.14. The largest absolute Gasteiger partial charge is 0.372 e. The predicted octanol–water partition coefficient (Wildman–Crippen LogP) is 3.33. The molecule has 0 atom stereocenters. The molecule has 0 aliphatic carbocycles. The summed E-state index contributed by atoms with van der Waals surface area (Å²) in [6.45, 7) is 3.77. The van der Waals surface area contributed by atoms with Gasteiger partial charge in [0.05, 0.1) is 11.4 Å². The maximum absolute atomic E-state index is 12.4. The molecule has 1 heterocycles. The van der Waals surface area contributed by atoms with Gasteiger partial charge in [-0.15, -0.1) is 0 Å². The summed E-state index contributed by atoms with van der Waals surface area (Å²) in [5.74, 6) is -0.199. The molecule has 1 aliphatic rings. The fourth-order valence-corrected chi connectivity index (χ4v) is 3.94. The number of nitrogens with zero attached hydrogens (tertiary/aromatic N) is 2.